The van der Waals surface area contributed by atoms with Crippen LogP contribution in [-0.2, 0) is 4.79 Å². The summed E-state index contributed by atoms with van der Waals surface area (Å²) in [5.41, 5.74) is 1.42. The molecule has 5 nitrogen and oxygen atoms in total. The minimum absolute atomic E-state index is 0.0807. The van der Waals surface area contributed by atoms with E-state index in [0.717, 1.165) is 14.9 Å². The highest BCUT2D eigenvalue weighted by Crippen LogP contribution is 2.35. The van der Waals surface area contributed by atoms with E-state index in [1.54, 1.807) is 24.0 Å². The molecule has 1 heterocycles. The van der Waals surface area contributed by atoms with E-state index in [2.05, 4.69) is 22.6 Å². The fourth-order valence-corrected chi connectivity index (χ4v) is 3.45. The lowest BCUT2D eigenvalue weighted by Gasteiger charge is -2.14. The van der Waals surface area contributed by atoms with Gasteiger partial charge in [-0.25, -0.2) is 0 Å². The van der Waals surface area contributed by atoms with E-state index in [4.69, 9.17) is 21.7 Å². The predicted molar refractivity (Wildman–Crippen MR) is 103 cm³/mol. The molecular formula is C16H19IN2O3S. The second-order valence-corrected chi connectivity index (χ2v) is 6.42. The van der Waals surface area contributed by atoms with E-state index in [1.807, 2.05) is 32.1 Å². The van der Waals surface area contributed by atoms with E-state index in [0.29, 0.717) is 29.7 Å². The third kappa shape index (κ3) is 3.45. The summed E-state index contributed by atoms with van der Waals surface area (Å²) in [7, 11) is 3.41. The van der Waals surface area contributed by atoms with Gasteiger partial charge in [-0.2, -0.15) is 0 Å². The van der Waals surface area contributed by atoms with Crippen molar-refractivity contribution in [1.29, 1.82) is 0 Å². The highest BCUT2D eigenvalue weighted by molar-refractivity contribution is 14.1. The molecule has 1 fully saturated rings. The standard InChI is InChI=1S/C16H19IN2O3S/c1-5-19-15(20)12(18(3)16(19)23)8-10-7-11(17)14(22-6-2)13(9-10)21-4/h7-9H,5-6H2,1-4H3/b12-8-. The number of thiocarbonyl (C=S) groups is 1. The minimum Gasteiger partial charge on any atom is -0.493 e. The second-order valence-electron chi connectivity index (χ2n) is 4.89. The Bertz CT molecular complexity index is 676. The van der Waals surface area contributed by atoms with Crippen molar-refractivity contribution in [3.8, 4) is 11.5 Å². The molecule has 0 N–H and O–H groups in total. The number of benzene rings is 1. The molecule has 0 bridgehead atoms. The molecule has 1 amide bonds. The lowest BCUT2D eigenvalue weighted by Crippen LogP contribution is -2.30. The number of hydrogen-bond acceptors (Lipinski definition) is 4. The molecule has 0 aliphatic carbocycles. The number of carbonyl (C=O) groups is 1. The molecule has 1 aliphatic heterocycles. The van der Waals surface area contributed by atoms with Crippen molar-refractivity contribution in [3.05, 3.63) is 27.0 Å². The predicted octanol–water partition coefficient (Wildman–Crippen LogP) is 3.12. The van der Waals surface area contributed by atoms with Gasteiger partial charge < -0.3 is 14.4 Å². The molecule has 0 spiro atoms. The van der Waals surface area contributed by atoms with Crippen LogP contribution in [0, 0.1) is 3.57 Å². The van der Waals surface area contributed by atoms with Crippen molar-refractivity contribution in [2.45, 2.75) is 13.8 Å². The Morgan fingerprint density at radius 1 is 1.35 bits per heavy atom. The fourth-order valence-electron chi connectivity index (χ4n) is 2.36. The third-order valence-corrected chi connectivity index (χ3v) is 4.80. The molecule has 1 aliphatic rings. The second kappa shape index (κ2) is 7.48. The molecule has 0 atom stereocenters. The van der Waals surface area contributed by atoms with Gasteiger partial charge >= 0.3 is 0 Å². The monoisotopic (exact) mass is 446 g/mol. The number of nitrogens with zero attached hydrogens (tertiary/aromatic N) is 2. The average Bonchev–Trinajstić information content (AvgIpc) is 2.73. The first kappa shape index (κ1) is 18.0. The van der Waals surface area contributed by atoms with Gasteiger partial charge in [-0.15, -0.1) is 0 Å². The largest absolute Gasteiger partial charge is 0.493 e. The van der Waals surface area contributed by atoms with Crippen LogP contribution in [0.4, 0.5) is 0 Å². The van der Waals surface area contributed by atoms with E-state index in [-0.39, 0.29) is 5.91 Å². The smallest absolute Gasteiger partial charge is 0.276 e. The number of methoxy groups -OCH3 is 1. The van der Waals surface area contributed by atoms with Crippen molar-refractivity contribution in [3.63, 3.8) is 0 Å². The maximum Gasteiger partial charge on any atom is 0.276 e. The first-order valence-electron chi connectivity index (χ1n) is 7.26. The number of carbonyl (C=O) groups excluding carboxylic acids is 1. The highest BCUT2D eigenvalue weighted by Gasteiger charge is 2.34. The molecular weight excluding hydrogens is 427 g/mol. The van der Waals surface area contributed by atoms with Crippen LogP contribution in [0.5, 0.6) is 11.5 Å². The number of ether oxygens (including phenoxy) is 2. The van der Waals surface area contributed by atoms with Gasteiger partial charge in [0.1, 0.15) is 5.70 Å². The zero-order valence-corrected chi connectivity index (χ0v) is 16.5. The van der Waals surface area contributed by atoms with E-state index < -0.39 is 0 Å². The van der Waals surface area contributed by atoms with Crippen LogP contribution in [0.3, 0.4) is 0 Å². The Morgan fingerprint density at radius 2 is 2.04 bits per heavy atom. The first-order chi connectivity index (χ1) is 10.9. The van der Waals surface area contributed by atoms with Crippen LogP contribution in [0.25, 0.3) is 6.08 Å². The van der Waals surface area contributed by atoms with Gasteiger partial charge in [-0.05, 0) is 72.4 Å². The molecule has 124 valence electrons. The van der Waals surface area contributed by atoms with E-state index in [1.165, 1.54) is 0 Å². The first-order valence-corrected chi connectivity index (χ1v) is 8.74. The van der Waals surface area contributed by atoms with Crippen molar-refractivity contribution < 1.29 is 14.3 Å². The summed E-state index contributed by atoms with van der Waals surface area (Å²) in [6.45, 7) is 4.96. The van der Waals surface area contributed by atoms with Crippen LogP contribution in [0.1, 0.15) is 19.4 Å². The normalized spacial score (nSPS) is 16.5. The number of halogens is 1. The molecule has 1 aromatic carbocycles. The SMILES string of the molecule is CCOc1c(I)cc(/C=C2/C(=O)N(CC)C(=S)N2C)cc1OC. The lowest BCUT2D eigenvalue weighted by atomic mass is 10.1. The summed E-state index contributed by atoms with van der Waals surface area (Å²) in [5.74, 6) is 1.28. The topological polar surface area (TPSA) is 42.0 Å². The fraction of sp³-hybridized carbons (Fsp3) is 0.375. The summed E-state index contributed by atoms with van der Waals surface area (Å²) < 4.78 is 12.0. The Kier molecular flexibility index (Phi) is 5.85. The van der Waals surface area contributed by atoms with Gasteiger partial charge in [-0.3, -0.25) is 9.69 Å². The Balaban J connectivity index is 2.45. The quantitative estimate of drug-likeness (QED) is 0.395. The van der Waals surface area contributed by atoms with Gasteiger partial charge in [-0.1, -0.05) is 0 Å². The zero-order valence-electron chi connectivity index (χ0n) is 13.6. The molecule has 7 heteroatoms. The molecule has 0 unspecified atom stereocenters. The molecule has 1 saturated heterocycles. The third-order valence-electron chi connectivity index (χ3n) is 3.50. The van der Waals surface area contributed by atoms with Crippen LogP contribution in [-0.4, -0.2) is 48.1 Å². The summed E-state index contributed by atoms with van der Waals surface area (Å²) in [6, 6.07) is 3.82. The summed E-state index contributed by atoms with van der Waals surface area (Å²) in [6.07, 6.45) is 1.82. The van der Waals surface area contributed by atoms with Crippen LogP contribution < -0.4 is 9.47 Å². The van der Waals surface area contributed by atoms with Crippen molar-refractivity contribution in [2.24, 2.45) is 0 Å². The number of hydrogen-bond donors (Lipinski definition) is 0. The van der Waals surface area contributed by atoms with E-state index >= 15 is 0 Å². The highest BCUT2D eigenvalue weighted by atomic mass is 127. The van der Waals surface area contributed by atoms with E-state index in [9.17, 15) is 4.79 Å². The van der Waals surface area contributed by atoms with Gasteiger partial charge in [0.25, 0.3) is 5.91 Å². The van der Waals surface area contributed by atoms with Gasteiger partial charge in [0.15, 0.2) is 16.6 Å². The average molecular weight is 446 g/mol. The lowest BCUT2D eigenvalue weighted by molar-refractivity contribution is -0.122. The number of likely N-dealkylation sites (N-methyl/N-ethyl adjacent to an activating group) is 2. The summed E-state index contributed by atoms with van der Waals surface area (Å²) in [4.78, 5) is 15.8. The van der Waals surface area contributed by atoms with Gasteiger partial charge in [0, 0.05) is 13.6 Å². The van der Waals surface area contributed by atoms with Crippen molar-refractivity contribution in [1.82, 2.24) is 9.80 Å². The molecule has 0 saturated carbocycles. The minimum atomic E-state index is -0.0807. The Hall–Kier alpha value is -1.35. The Labute approximate surface area is 155 Å². The molecule has 23 heavy (non-hydrogen) atoms. The van der Waals surface area contributed by atoms with Crippen LogP contribution in [0.2, 0.25) is 0 Å². The number of amides is 1. The van der Waals surface area contributed by atoms with Crippen molar-refractivity contribution in [2.75, 3.05) is 27.3 Å². The molecule has 0 aromatic heterocycles. The van der Waals surface area contributed by atoms with Gasteiger partial charge in [0.05, 0.1) is 17.3 Å². The van der Waals surface area contributed by atoms with Crippen LogP contribution in [0.15, 0.2) is 17.8 Å². The zero-order chi connectivity index (χ0) is 17.1. The van der Waals surface area contributed by atoms with Crippen LogP contribution >= 0.6 is 34.8 Å². The Morgan fingerprint density at radius 3 is 2.57 bits per heavy atom. The molecule has 1 aromatic rings. The maximum atomic E-state index is 12.4. The summed E-state index contributed by atoms with van der Waals surface area (Å²) in [5, 5.41) is 0.524. The van der Waals surface area contributed by atoms with Gasteiger partial charge in [0.2, 0.25) is 0 Å². The molecule has 2 rings (SSSR count). The maximum absolute atomic E-state index is 12.4. The molecule has 0 radical (unpaired) electrons. The van der Waals surface area contributed by atoms with Crippen molar-refractivity contribution >= 4 is 51.9 Å². The number of rotatable bonds is 5. The summed E-state index contributed by atoms with van der Waals surface area (Å²) >= 11 is 7.51.